The normalized spacial score (nSPS) is 10.6. The van der Waals surface area contributed by atoms with Crippen LogP contribution in [0, 0.1) is 5.82 Å². The molecule has 0 bridgehead atoms. The maximum absolute atomic E-state index is 13.0. The van der Waals surface area contributed by atoms with Crippen LogP contribution in [-0.4, -0.2) is 11.6 Å². The number of ketones is 2. The molecule has 0 radical (unpaired) electrons. The van der Waals surface area contributed by atoms with Crippen LogP contribution < -0.4 is 0 Å². The molecule has 0 amide bonds. The molecule has 3 rings (SSSR count). The number of hydrogen-bond acceptors (Lipinski definition) is 2. The Morgan fingerprint density at radius 2 is 1.37 bits per heavy atom. The first-order valence-electron chi connectivity index (χ1n) is 9.03. The second kappa shape index (κ2) is 9.04. The average Bonchev–Trinajstić information content (AvgIpc) is 2.69. The van der Waals surface area contributed by atoms with Crippen LogP contribution in [0.4, 0.5) is 4.39 Å². The van der Waals surface area contributed by atoms with Gasteiger partial charge in [-0.05, 0) is 35.2 Å². The average molecular weight is 360 g/mol. The van der Waals surface area contributed by atoms with Crippen molar-refractivity contribution in [1.82, 2.24) is 0 Å². The van der Waals surface area contributed by atoms with Gasteiger partial charge in [-0.1, -0.05) is 66.7 Å². The molecule has 0 spiro atoms. The molecule has 2 nitrogen and oxygen atoms in total. The lowest BCUT2D eigenvalue weighted by Crippen LogP contribution is -2.11. The molecular weight excluding hydrogens is 339 g/mol. The molecule has 0 unspecified atom stereocenters. The van der Waals surface area contributed by atoms with E-state index in [1.54, 1.807) is 18.2 Å². The molecule has 0 aliphatic heterocycles. The predicted molar refractivity (Wildman–Crippen MR) is 104 cm³/mol. The van der Waals surface area contributed by atoms with E-state index >= 15 is 0 Å². The molecule has 0 atom stereocenters. The number of carbonyl (C=O) groups excluding carboxylic acids is 2. The van der Waals surface area contributed by atoms with Crippen LogP contribution >= 0.6 is 0 Å². The molecule has 0 aliphatic carbocycles. The molecular formula is C24H21FO2. The van der Waals surface area contributed by atoms with Crippen molar-refractivity contribution in [2.24, 2.45) is 0 Å². The molecule has 0 saturated carbocycles. The number of halogens is 1. The molecule has 3 aromatic rings. The number of hydrogen-bond donors (Lipinski definition) is 0. The van der Waals surface area contributed by atoms with Gasteiger partial charge in [0.2, 0.25) is 0 Å². The highest BCUT2D eigenvalue weighted by Crippen LogP contribution is 2.16. The first kappa shape index (κ1) is 18.7. The zero-order valence-corrected chi connectivity index (χ0v) is 15.0. The minimum atomic E-state index is -0.319. The van der Waals surface area contributed by atoms with Crippen molar-refractivity contribution in [3.05, 3.63) is 107 Å². The monoisotopic (exact) mass is 360 g/mol. The summed E-state index contributed by atoms with van der Waals surface area (Å²) in [5, 5.41) is 0. The highest BCUT2D eigenvalue weighted by atomic mass is 19.1. The third-order valence-electron chi connectivity index (χ3n) is 4.50. The van der Waals surface area contributed by atoms with Gasteiger partial charge in [-0.2, -0.15) is 0 Å². The summed E-state index contributed by atoms with van der Waals surface area (Å²) in [6.45, 7) is 0. The highest BCUT2D eigenvalue weighted by Gasteiger charge is 2.14. The van der Waals surface area contributed by atoms with Crippen LogP contribution in [0.1, 0.15) is 33.5 Å². The fraction of sp³-hybridized carbons (Fsp3) is 0.167. The number of carbonyl (C=O) groups is 2. The summed E-state index contributed by atoms with van der Waals surface area (Å²) < 4.78 is 13.0. The molecule has 0 heterocycles. The van der Waals surface area contributed by atoms with Gasteiger partial charge >= 0.3 is 0 Å². The molecule has 3 aromatic carbocycles. The molecule has 0 fully saturated rings. The van der Waals surface area contributed by atoms with Gasteiger partial charge in [0.25, 0.3) is 0 Å². The van der Waals surface area contributed by atoms with Gasteiger partial charge in [-0.3, -0.25) is 9.59 Å². The predicted octanol–water partition coefficient (Wildman–Crippen LogP) is 5.00. The van der Waals surface area contributed by atoms with Crippen LogP contribution in [-0.2, 0) is 24.1 Å². The van der Waals surface area contributed by atoms with E-state index in [1.807, 2.05) is 48.5 Å². The summed E-state index contributed by atoms with van der Waals surface area (Å²) in [7, 11) is 0. The van der Waals surface area contributed by atoms with Gasteiger partial charge in [-0.25, -0.2) is 4.39 Å². The number of Topliss-reactive ketones (excluding diaryl/α,β-unsaturated/α-hetero) is 2. The maximum atomic E-state index is 13.0. The van der Waals surface area contributed by atoms with E-state index in [2.05, 4.69) is 0 Å². The van der Waals surface area contributed by atoms with Crippen molar-refractivity contribution in [1.29, 1.82) is 0 Å². The van der Waals surface area contributed by atoms with Gasteiger partial charge in [0.1, 0.15) is 11.6 Å². The Labute approximate surface area is 158 Å². The Balaban J connectivity index is 1.65. The molecule has 0 saturated heterocycles. The second-order valence-corrected chi connectivity index (χ2v) is 6.58. The summed E-state index contributed by atoms with van der Waals surface area (Å²) in [4.78, 5) is 25.1. The lowest BCUT2D eigenvalue weighted by molar-refractivity contribution is -0.117. The third kappa shape index (κ3) is 5.45. The molecule has 3 heteroatoms. The first-order valence-corrected chi connectivity index (χ1v) is 9.03. The number of benzene rings is 3. The SMILES string of the molecule is O=C(Cc1ccc(F)cc1)Cc1ccccc1C(=O)CCc1ccccc1. The second-order valence-electron chi connectivity index (χ2n) is 6.58. The highest BCUT2D eigenvalue weighted by molar-refractivity contribution is 5.99. The van der Waals surface area contributed by atoms with Gasteiger partial charge in [0.05, 0.1) is 0 Å². The summed E-state index contributed by atoms with van der Waals surface area (Å²) in [5.41, 5.74) is 3.26. The largest absolute Gasteiger partial charge is 0.299 e. The lowest BCUT2D eigenvalue weighted by atomic mass is 9.94. The Morgan fingerprint density at radius 3 is 2.11 bits per heavy atom. The molecule has 0 aliphatic rings. The summed E-state index contributed by atoms with van der Waals surface area (Å²) in [6.07, 6.45) is 1.52. The van der Waals surface area contributed by atoms with Crippen LogP contribution in [0.15, 0.2) is 78.9 Å². The van der Waals surface area contributed by atoms with Crippen molar-refractivity contribution < 1.29 is 14.0 Å². The smallest absolute Gasteiger partial charge is 0.163 e. The van der Waals surface area contributed by atoms with E-state index in [0.29, 0.717) is 18.4 Å². The molecule has 0 aromatic heterocycles. The molecule has 27 heavy (non-hydrogen) atoms. The van der Waals surface area contributed by atoms with E-state index in [4.69, 9.17) is 0 Å². The topological polar surface area (TPSA) is 34.1 Å². The fourth-order valence-electron chi connectivity index (χ4n) is 3.09. The number of aryl methyl sites for hydroxylation is 1. The summed E-state index contributed by atoms with van der Waals surface area (Å²) >= 11 is 0. The summed E-state index contributed by atoms with van der Waals surface area (Å²) in [5.74, 6) is -0.269. The van der Waals surface area contributed by atoms with Crippen molar-refractivity contribution in [2.45, 2.75) is 25.7 Å². The van der Waals surface area contributed by atoms with E-state index in [9.17, 15) is 14.0 Å². The van der Waals surface area contributed by atoms with Crippen molar-refractivity contribution in [3.8, 4) is 0 Å². The standard InChI is InChI=1S/C24H21FO2/c25-21-13-10-19(11-14-21)16-22(26)17-20-8-4-5-9-23(20)24(27)15-12-18-6-2-1-3-7-18/h1-11,13-14H,12,15-17H2. The van der Waals surface area contributed by atoms with E-state index in [-0.39, 0.29) is 30.2 Å². The van der Waals surface area contributed by atoms with Crippen molar-refractivity contribution in [2.75, 3.05) is 0 Å². The van der Waals surface area contributed by atoms with Crippen LogP contribution in [0.3, 0.4) is 0 Å². The zero-order valence-electron chi connectivity index (χ0n) is 15.0. The van der Waals surface area contributed by atoms with Crippen molar-refractivity contribution >= 4 is 11.6 Å². The third-order valence-corrected chi connectivity index (χ3v) is 4.50. The summed E-state index contributed by atoms with van der Waals surface area (Å²) in [6, 6.07) is 23.1. The van der Waals surface area contributed by atoms with Crippen LogP contribution in [0.2, 0.25) is 0 Å². The Kier molecular flexibility index (Phi) is 6.26. The molecule has 136 valence electrons. The fourth-order valence-corrected chi connectivity index (χ4v) is 3.09. The minimum absolute atomic E-state index is 0.00455. The quantitative estimate of drug-likeness (QED) is 0.530. The zero-order chi connectivity index (χ0) is 19.1. The Bertz CT molecular complexity index is 915. The van der Waals surface area contributed by atoms with E-state index in [0.717, 1.165) is 16.7 Å². The lowest BCUT2D eigenvalue weighted by Gasteiger charge is -2.09. The van der Waals surface area contributed by atoms with Crippen molar-refractivity contribution in [3.63, 3.8) is 0 Å². The van der Waals surface area contributed by atoms with Crippen LogP contribution in [0.25, 0.3) is 0 Å². The van der Waals surface area contributed by atoms with E-state index in [1.165, 1.54) is 12.1 Å². The molecule has 0 N–H and O–H groups in total. The van der Waals surface area contributed by atoms with E-state index < -0.39 is 0 Å². The van der Waals surface area contributed by atoms with Gasteiger partial charge in [0, 0.05) is 24.8 Å². The minimum Gasteiger partial charge on any atom is -0.299 e. The van der Waals surface area contributed by atoms with Crippen LogP contribution in [0.5, 0.6) is 0 Å². The van der Waals surface area contributed by atoms with Gasteiger partial charge < -0.3 is 0 Å². The Morgan fingerprint density at radius 1 is 0.704 bits per heavy atom. The maximum Gasteiger partial charge on any atom is 0.163 e. The number of rotatable bonds is 8. The first-order chi connectivity index (χ1) is 13.1. The van der Waals surface area contributed by atoms with Gasteiger partial charge in [-0.15, -0.1) is 0 Å². The van der Waals surface area contributed by atoms with Gasteiger partial charge in [0.15, 0.2) is 5.78 Å². The Hall–Kier alpha value is -3.07.